The van der Waals surface area contributed by atoms with E-state index >= 15 is 0 Å². The zero-order valence-electron chi connectivity index (χ0n) is 9.53. The number of nitro benzene ring substituents is 1. The van der Waals surface area contributed by atoms with Gasteiger partial charge >= 0.3 is 0 Å². The number of aliphatic carboxylic acids is 1. The number of carbonyl (C=O) groups is 1. The smallest absolute Gasteiger partial charge is 0.271 e. The third-order valence-corrected chi connectivity index (χ3v) is 2.41. The van der Waals surface area contributed by atoms with Gasteiger partial charge in [-0.1, -0.05) is 6.07 Å². The van der Waals surface area contributed by atoms with E-state index in [1.165, 1.54) is 24.3 Å². The van der Waals surface area contributed by atoms with Gasteiger partial charge in [0.2, 0.25) is 0 Å². The van der Waals surface area contributed by atoms with Gasteiger partial charge in [0.1, 0.15) is 0 Å². The lowest BCUT2D eigenvalue weighted by Gasteiger charge is -2.02. The third kappa shape index (κ3) is 2.68. The largest absolute Gasteiger partial charge is 0.550 e. The molecule has 1 aromatic carbocycles. The standard InChI is InChI=1S/C11H9N3O5/c15-10-4-7(5-11(16)17)12-13(10)8-2-1-3-9(6-8)14(18)19/h1-4,6,12H,5H2,(H,16,17)/p-1. The molecule has 1 aromatic heterocycles. The van der Waals surface area contributed by atoms with Crippen molar-refractivity contribution in [2.45, 2.75) is 6.42 Å². The summed E-state index contributed by atoms with van der Waals surface area (Å²) in [7, 11) is 0. The maximum absolute atomic E-state index is 11.7. The molecule has 98 valence electrons. The monoisotopic (exact) mass is 262 g/mol. The van der Waals surface area contributed by atoms with Gasteiger partial charge < -0.3 is 9.90 Å². The predicted molar refractivity (Wildman–Crippen MR) is 61.8 cm³/mol. The second kappa shape index (κ2) is 4.77. The van der Waals surface area contributed by atoms with Crippen LogP contribution >= 0.6 is 0 Å². The van der Waals surface area contributed by atoms with Gasteiger partial charge in [-0.25, -0.2) is 4.68 Å². The minimum atomic E-state index is -1.33. The maximum atomic E-state index is 11.7. The first-order valence-corrected chi connectivity index (χ1v) is 5.23. The van der Waals surface area contributed by atoms with Gasteiger partial charge in [0.15, 0.2) is 0 Å². The number of nitrogens with one attached hydrogen (secondary N) is 1. The van der Waals surface area contributed by atoms with Crippen LogP contribution in [0.1, 0.15) is 5.69 Å². The van der Waals surface area contributed by atoms with Crippen molar-refractivity contribution in [3.05, 3.63) is 56.5 Å². The number of hydrogen-bond acceptors (Lipinski definition) is 5. The molecule has 0 saturated carbocycles. The van der Waals surface area contributed by atoms with Crippen LogP contribution in [0.25, 0.3) is 5.69 Å². The topological polar surface area (TPSA) is 121 Å². The number of rotatable bonds is 4. The van der Waals surface area contributed by atoms with Crippen molar-refractivity contribution >= 4 is 11.7 Å². The number of non-ortho nitro benzene ring substituents is 1. The highest BCUT2D eigenvalue weighted by Crippen LogP contribution is 2.15. The molecular weight excluding hydrogens is 254 g/mol. The lowest BCUT2D eigenvalue weighted by molar-refractivity contribution is -0.384. The Labute approximate surface area is 106 Å². The maximum Gasteiger partial charge on any atom is 0.271 e. The van der Waals surface area contributed by atoms with Gasteiger partial charge in [-0.15, -0.1) is 0 Å². The zero-order chi connectivity index (χ0) is 14.0. The van der Waals surface area contributed by atoms with E-state index in [4.69, 9.17) is 0 Å². The SMILES string of the molecule is O=C([O-])Cc1cc(=O)n(-c2cccc([N+](=O)[O-])c2)[nH]1. The van der Waals surface area contributed by atoms with Gasteiger partial charge in [0.25, 0.3) is 11.2 Å². The quantitative estimate of drug-likeness (QED) is 0.580. The van der Waals surface area contributed by atoms with E-state index in [9.17, 15) is 24.8 Å². The molecule has 0 spiro atoms. The highest BCUT2D eigenvalue weighted by Gasteiger charge is 2.10. The van der Waals surface area contributed by atoms with E-state index < -0.39 is 22.9 Å². The Morgan fingerprint density at radius 2 is 2.11 bits per heavy atom. The van der Waals surface area contributed by atoms with Crippen LogP contribution in [-0.2, 0) is 11.2 Å². The van der Waals surface area contributed by atoms with Crippen LogP contribution in [0.3, 0.4) is 0 Å². The van der Waals surface area contributed by atoms with E-state index in [1.807, 2.05) is 0 Å². The molecular formula is C11H8N3O5-. The van der Waals surface area contributed by atoms with Crippen molar-refractivity contribution < 1.29 is 14.8 Å². The van der Waals surface area contributed by atoms with E-state index in [2.05, 4.69) is 5.10 Å². The van der Waals surface area contributed by atoms with Crippen LogP contribution in [0.4, 0.5) is 5.69 Å². The van der Waals surface area contributed by atoms with E-state index in [1.54, 1.807) is 0 Å². The molecule has 0 atom stereocenters. The number of nitrogens with zero attached hydrogens (tertiary/aromatic N) is 2. The van der Waals surface area contributed by atoms with E-state index in [0.29, 0.717) is 0 Å². The van der Waals surface area contributed by atoms with Crippen molar-refractivity contribution in [2.75, 3.05) is 0 Å². The Morgan fingerprint density at radius 1 is 1.37 bits per heavy atom. The molecule has 19 heavy (non-hydrogen) atoms. The zero-order valence-corrected chi connectivity index (χ0v) is 9.53. The molecule has 0 fully saturated rings. The lowest BCUT2D eigenvalue weighted by Crippen LogP contribution is -2.24. The summed E-state index contributed by atoms with van der Waals surface area (Å²) >= 11 is 0. The fourth-order valence-electron chi connectivity index (χ4n) is 1.63. The minimum Gasteiger partial charge on any atom is -0.550 e. The normalized spacial score (nSPS) is 10.3. The number of aromatic nitrogens is 2. The molecule has 8 heteroatoms. The van der Waals surface area contributed by atoms with Gasteiger partial charge in [0.05, 0.1) is 10.6 Å². The summed E-state index contributed by atoms with van der Waals surface area (Å²) in [6.07, 6.45) is -0.433. The molecule has 1 heterocycles. The highest BCUT2D eigenvalue weighted by atomic mass is 16.6. The second-order valence-corrected chi connectivity index (χ2v) is 3.78. The van der Waals surface area contributed by atoms with Crippen LogP contribution in [0, 0.1) is 10.1 Å². The van der Waals surface area contributed by atoms with Gasteiger partial charge in [0, 0.05) is 36.3 Å². The molecule has 0 aliphatic heterocycles. The molecule has 0 aliphatic rings. The van der Waals surface area contributed by atoms with Gasteiger partial charge in [-0.3, -0.25) is 20.0 Å². The first-order valence-electron chi connectivity index (χ1n) is 5.23. The van der Waals surface area contributed by atoms with Crippen LogP contribution in [-0.4, -0.2) is 20.7 Å². The van der Waals surface area contributed by atoms with Crippen LogP contribution < -0.4 is 10.7 Å². The van der Waals surface area contributed by atoms with Crippen LogP contribution in [0.5, 0.6) is 0 Å². The van der Waals surface area contributed by atoms with E-state index in [0.717, 1.165) is 10.7 Å². The molecule has 0 unspecified atom stereocenters. The summed E-state index contributed by atoms with van der Waals surface area (Å²) in [6, 6.07) is 6.53. The molecule has 0 amide bonds. The van der Waals surface area contributed by atoms with Crippen molar-refractivity contribution in [3.8, 4) is 5.69 Å². The van der Waals surface area contributed by atoms with Crippen molar-refractivity contribution in [3.63, 3.8) is 0 Å². The number of H-pyrrole nitrogens is 1. The molecule has 8 nitrogen and oxygen atoms in total. The minimum absolute atomic E-state index is 0.163. The molecule has 2 aromatic rings. The Bertz CT molecular complexity index is 700. The molecule has 1 N–H and O–H groups in total. The molecule has 0 bridgehead atoms. The Balaban J connectivity index is 2.44. The number of aromatic amines is 1. The summed E-state index contributed by atoms with van der Waals surface area (Å²) in [4.78, 5) is 32.1. The average Bonchev–Trinajstić information content (AvgIpc) is 2.69. The Hall–Kier alpha value is -2.90. The lowest BCUT2D eigenvalue weighted by atomic mass is 10.3. The fourth-order valence-corrected chi connectivity index (χ4v) is 1.63. The second-order valence-electron chi connectivity index (χ2n) is 3.78. The first kappa shape index (κ1) is 12.6. The number of carbonyl (C=O) groups excluding carboxylic acids is 1. The number of hydrogen-bond donors (Lipinski definition) is 1. The summed E-state index contributed by atoms with van der Waals surface area (Å²) in [6.45, 7) is 0. The molecule has 0 saturated heterocycles. The van der Waals surface area contributed by atoms with Crippen LogP contribution in [0.15, 0.2) is 35.1 Å². The van der Waals surface area contributed by atoms with Crippen molar-refractivity contribution in [1.29, 1.82) is 0 Å². The Kier molecular flexibility index (Phi) is 3.15. The number of nitro groups is 1. The summed E-state index contributed by atoms with van der Waals surface area (Å²) < 4.78 is 1.03. The summed E-state index contributed by atoms with van der Waals surface area (Å²) in [5.41, 5.74) is -0.252. The third-order valence-electron chi connectivity index (χ3n) is 2.41. The predicted octanol–water partition coefficient (Wildman–Crippen LogP) is -0.634. The number of carboxylic acid groups (broad SMARTS) is 1. The van der Waals surface area contributed by atoms with Crippen LogP contribution in [0.2, 0.25) is 0 Å². The number of carboxylic acids is 1. The molecule has 0 radical (unpaired) electrons. The Morgan fingerprint density at radius 3 is 2.74 bits per heavy atom. The van der Waals surface area contributed by atoms with Gasteiger partial charge in [-0.05, 0) is 6.07 Å². The number of benzene rings is 1. The summed E-state index contributed by atoms with van der Waals surface area (Å²) in [5.74, 6) is -1.33. The van der Waals surface area contributed by atoms with Gasteiger partial charge in [-0.2, -0.15) is 0 Å². The average molecular weight is 262 g/mol. The molecule has 0 aliphatic carbocycles. The fraction of sp³-hybridized carbons (Fsp3) is 0.0909. The highest BCUT2D eigenvalue weighted by molar-refractivity contribution is 5.67. The first-order chi connectivity index (χ1) is 8.97. The van der Waals surface area contributed by atoms with Crippen molar-refractivity contribution in [2.24, 2.45) is 0 Å². The van der Waals surface area contributed by atoms with E-state index in [-0.39, 0.29) is 17.1 Å². The summed E-state index contributed by atoms with van der Waals surface area (Å²) in [5, 5.41) is 23.6. The molecule has 2 rings (SSSR count). The van der Waals surface area contributed by atoms with Crippen molar-refractivity contribution in [1.82, 2.24) is 9.78 Å².